The third-order valence-corrected chi connectivity index (χ3v) is 6.15. The van der Waals surface area contributed by atoms with Gasteiger partial charge in [0, 0.05) is 31.9 Å². The summed E-state index contributed by atoms with van der Waals surface area (Å²) in [4.78, 5) is 11.8. The Bertz CT molecular complexity index is 488. The molecule has 0 aromatic rings. The van der Waals surface area contributed by atoms with Crippen molar-refractivity contribution in [1.82, 2.24) is 5.32 Å². The average Bonchev–Trinajstić information content (AvgIpc) is 2.83. The molecule has 1 amide bonds. The Kier molecular flexibility index (Phi) is 7.62. The van der Waals surface area contributed by atoms with Crippen molar-refractivity contribution in [1.29, 1.82) is 0 Å². The second kappa shape index (κ2) is 9.26. The van der Waals surface area contributed by atoms with E-state index in [0.29, 0.717) is 24.4 Å². The zero-order valence-electron chi connectivity index (χ0n) is 16.2. The highest BCUT2D eigenvalue weighted by atomic mass is 32.2. The molecule has 1 aliphatic carbocycles. The highest BCUT2D eigenvalue weighted by Gasteiger charge is 2.49. The summed E-state index contributed by atoms with van der Waals surface area (Å²) < 4.78 is 7.81. The van der Waals surface area contributed by atoms with E-state index in [1.54, 1.807) is 0 Å². The van der Waals surface area contributed by atoms with Gasteiger partial charge in [-0.15, -0.1) is 0 Å². The van der Waals surface area contributed by atoms with Crippen LogP contribution in [0, 0.1) is 11.8 Å². The number of aliphatic hydroxyl groups excluding tert-OH is 1. The predicted octanol–water partition coefficient (Wildman–Crippen LogP) is 3.25. The number of hydrogen-bond acceptors (Lipinski definition) is 4. The fourth-order valence-corrected chi connectivity index (χ4v) is 5.39. The van der Waals surface area contributed by atoms with Crippen LogP contribution in [0.2, 0.25) is 0 Å². The minimum atomic E-state index is -0.458. The summed E-state index contributed by atoms with van der Waals surface area (Å²) in [5.41, 5.74) is -0.458. The number of alkyl carbamates (subject to hydrolysis) is 1. The zero-order chi connectivity index (χ0) is 18.4. The first-order valence-corrected chi connectivity index (χ1v) is 10.8. The molecule has 3 atom stereocenters. The summed E-state index contributed by atoms with van der Waals surface area (Å²) >= 11 is 1.88. The summed E-state index contributed by atoms with van der Waals surface area (Å²) in [6.45, 7) is 7.42. The summed E-state index contributed by atoms with van der Waals surface area (Å²) in [5.74, 6) is 1.38. The summed E-state index contributed by atoms with van der Waals surface area (Å²) in [7, 11) is 0. The molecule has 0 bridgehead atoms. The van der Waals surface area contributed by atoms with Crippen LogP contribution in [0.15, 0.2) is 0 Å². The number of fused-ring (bicyclic) bond motifs is 1. The Labute approximate surface area is 156 Å². The molecule has 2 rings (SSSR count). The summed E-state index contributed by atoms with van der Waals surface area (Å²) in [5, 5.41) is 13.9. The van der Waals surface area contributed by atoms with Crippen LogP contribution in [0.1, 0.15) is 59.3 Å². The molecule has 0 aromatic heterocycles. The molecule has 0 aromatic carbocycles. The van der Waals surface area contributed by atoms with Crippen molar-refractivity contribution < 1.29 is 19.2 Å². The minimum absolute atomic E-state index is 0.252. The van der Waals surface area contributed by atoms with Crippen molar-refractivity contribution in [3.05, 3.63) is 0 Å². The Morgan fingerprint density at radius 3 is 2.72 bits per heavy atom. The van der Waals surface area contributed by atoms with Crippen LogP contribution in [-0.4, -0.2) is 58.4 Å². The van der Waals surface area contributed by atoms with Crippen molar-refractivity contribution >= 4 is 22.9 Å². The molecule has 1 fully saturated rings. The van der Waals surface area contributed by atoms with Gasteiger partial charge in [-0.3, -0.25) is 0 Å². The quantitative estimate of drug-likeness (QED) is 0.556. The van der Waals surface area contributed by atoms with Gasteiger partial charge in [-0.2, -0.15) is 0 Å². The van der Waals surface area contributed by atoms with Gasteiger partial charge in [-0.05, 0) is 39.9 Å². The van der Waals surface area contributed by atoms with Gasteiger partial charge >= 0.3 is 6.09 Å². The maximum Gasteiger partial charge on any atom is 0.407 e. The number of thioether (sulfide) groups is 1. The summed E-state index contributed by atoms with van der Waals surface area (Å²) in [6, 6.07) is 0.458. The van der Waals surface area contributed by atoms with Crippen LogP contribution in [-0.2, 0) is 4.74 Å². The SMILES string of the molecule is CSC1=[N+](CCCNC(=O)OC(C)(C)C)[C@@H](CCO)[C@@H]2CCCC[C@H]12. The zero-order valence-corrected chi connectivity index (χ0v) is 17.0. The van der Waals surface area contributed by atoms with E-state index in [0.717, 1.165) is 19.4 Å². The van der Waals surface area contributed by atoms with E-state index in [1.807, 2.05) is 32.5 Å². The molecule has 2 aliphatic rings. The van der Waals surface area contributed by atoms with Gasteiger partial charge in [0.05, 0.1) is 5.92 Å². The van der Waals surface area contributed by atoms with Crippen molar-refractivity contribution in [2.45, 2.75) is 70.9 Å². The number of carbonyl (C=O) groups excluding carboxylic acids is 1. The van der Waals surface area contributed by atoms with Gasteiger partial charge in [0.1, 0.15) is 12.1 Å². The second-order valence-corrected chi connectivity index (χ2v) is 8.98. The maximum atomic E-state index is 11.8. The highest BCUT2D eigenvalue weighted by Crippen LogP contribution is 2.42. The van der Waals surface area contributed by atoms with E-state index in [4.69, 9.17) is 4.74 Å². The van der Waals surface area contributed by atoms with Gasteiger partial charge in [-0.1, -0.05) is 24.6 Å². The van der Waals surface area contributed by atoms with Crippen molar-refractivity contribution in [3.8, 4) is 0 Å². The van der Waals surface area contributed by atoms with Gasteiger partial charge in [0.15, 0.2) is 6.04 Å². The standard InChI is InChI=1S/C19H34N2O3S/c1-19(2,3)24-18(23)20-11-7-12-21-16(10-13-22)14-8-5-6-9-15(14)17(21)25-4/h14-16,22H,5-13H2,1-4H3/p+1/t14-,15+,16+/m1/s1. The van der Waals surface area contributed by atoms with E-state index >= 15 is 0 Å². The van der Waals surface area contributed by atoms with Crippen molar-refractivity contribution in [2.75, 3.05) is 26.0 Å². The number of rotatable bonds is 6. The first-order chi connectivity index (χ1) is 11.9. The predicted molar refractivity (Wildman–Crippen MR) is 103 cm³/mol. The molecule has 0 radical (unpaired) electrons. The number of aliphatic hydroxyl groups is 1. The van der Waals surface area contributed by atoms with Crippen LogP contribution in [0.25, 0.3) is 0 Å². The Hall–Kier alpha value is -0.750. The monoisotopic (exact) mass is 371 g/mol. The molecule has 1 saturated carbocycles. The fraction of sp³-hybridized carbons (Fsp3) is 0.895. The molecule has 5 nitrogen and oxygen atoms in total. The lowest BCUT2D eigenvalue weighted by Gasteiger charge is -2.25. The van der Waals surface area contributed by atoms with E-state index in [9.17, 15) is 9.90 Å². The van der Waals surface area contributed by atoms with Gasteiger partial charge in [0.25, 0.3) is 0 Å². The molecule has 6 heteroatoms. The molecule has 2 N–H and O–H groups in total. The lowest BCUT2D eigenvalue weighted by molar-refractivity contribution is -0.563. The molecule has 0 unspecified atom stereocenters. The van der Waals surface area contributed by atoms with Crippen molar-refractivity contribution in [2.24, 2.45) is 11.8 Å². The van der Waals surface area contributed by atoms with Gasteiger partial charge < -0.3 is 15.2 Å². The molecular weight excluding hydrogens is 336 g/mol. The Morgan fingerprint density at radius 2 is 2.08 bits per heavy atom. The number of amides is 1. The van der Waals surface area contributed by atoms with E-state index in [-0.39, 0.29) is 12.7 Å². The largest absolute Gasteiger partial charge is 0.444 e. The van der Waals surface area contributed by atoms with Crippen LogP contribution in [0.3, 0.4) is 0 Å². The van der Waals surface area contributed by atoms with Crippen molar-refractivity contribution in [3.63, 3.8) is 0 Å². The molecule has 0 spiro atoms. The molecule has 1 aliphatic heterocycles. The lowest BCUT2D eigenvalue weighted by atomic mass is 9.77. The third-order valence-electron chi connectivity index (χ3n) is 5.19. The van der Waals surface area contributed by atoms with Crippen LogP contribution >= 0.6 is 11.8 Å². The van der Waals surface area contributed by atoms with E-state index in [1.165, 1.54) is 30.7 Å². The lowest BCUT2D eigenvalue weighted by Crippen LogP contribution is -2.35. The van der Waals surface area contributed by atoms with E-state index < -0.39 is 5.60 Å². The maximum absolute atomic E-state index is 11.8. The van der Waals surface area contributed by atoms with Crippen LogP contribution < -0.4 is 5.32 Å². The first-order valence-electron chi connectivity index (χ1n) is 9.62. The average molecular weight is 372 g/mol. The minimum Gasteiger partial charge on any atom is -0.444 e. The van der Waals surface area contributed by atoms with Gasteiger partial charge in [0.2, 0.25) is 5.04 Å². The first kappa shape index (κ1) is 20.6. The summed E-state index contributed by atoms with van der Waals surface area (Å²) in [6.07, 6.45) is 8.79. The molecule has 1 heterocycles. The van der Waals surface area contributed by atoms with Crippen LogP contribution in [0.5, 0.6) is 0 Å². The van der Waals surface area contributed by atoms with Crippen LogP contribution in [0.4, 0.5) is 4.79 Å². The molecule has 0 saturated heterocycles. The fourth-order valence-electron chi connectivity index (χ4n) is 4.34. The number of nitrogens with one attached hydrogen (secondary N) is 1. The number of hydrogen-bond donors (Lipinski definition) is 2. The third kappa shape index (κ3) is 5.61. The highest BCUT2D eigenvalue weighted by molar-refractivity contribution is 8.13. The topological polar surface area (TPSA) is 61.6 Å². The molecular formula is C19H35N2O3S+. The Balaban J connectivity index is 1.92. The van der Waals surface area contributed by atoms with E-state index in [2.05, 4.69) is 16.1 Å². The number of carbonyl (C=O) groups is 1. The normalized spacial score (nSPS) is 26.5. The van der Waals surface area contributed by atoms with Gasteiger partial charge in [-0.25, -0.2) is 9.37 Å². The smallest absolute Gasteiger partial charge is 0.407 e. The molecule has 25 heavy (non-hydrogen) atoms. The number of ether oxygens (including phenoxy) is 1. The molecule has 144 valence electrons. The second-order valence-electron chi connectivity index (χ2n) is 8.15. The number of nitrogens with zero attached hydrogens (tertiary/aromatic N) is 1. The Morgan fingerprint density at radius 1 is 1.36 bits per heavy atom.